The molecule has 1 aliphatic carbocycles. The first-order valence-electron chi connectivity index (χ1n) is 7.49. The third-order valence-electron chi connectivity index (χ3n) is 3.73. The predicted molar refractivity (Wildman–Crippen MR) is 76.1 cm³/mol. The van der Waals surface area contributed by atoms with E-state index in [-0.39, 0.29) is 0 Å². The summed E-state index contributed by atoms with van der Waals surface area (Å²) in [7, 11) is 0. The molecule has 0 saturated heterocycles. The fourth-order valence-electron chi connectivity index (χ4n) is 2.51. The molecular formula is C15H25N3O. The van der Waals surface area contributed by atoms with Crippen LogP contribution in [0.5, 0.6) is 5.88 Å². The minimum absolute atomic E-state index is 0.312. The Hall–Kier alpha value is -1.16. The summed E-state index contributed by atoms with van der Waals surface area (Å²) in [5.41, 5.74) is 0.970. The van der Waals surface area contributed by atoms with E-state index in [1.807, 2.05) is 12.1 Å². The summed E-state index contributed by atoms with van der Waals surface area (Å²) in [6, 6.07) is 3.94. The van der Waals surface area contributed by atoms with Gasteiger partial charge in [0.05, 0.1) is 5.69 Å². The van der Waals surface area contributed by atoms with Crippen molar-refractivity contribution in [2.75, 3.05) is 6.54 Å². The first-order chi connectivity index (χ1) is 9.29. The molecule has 0 radical (unpaired) electrons. The lowest BCUT2D eigenvalue weighted by atomic mass is 9.88. The van der Waals surface area contributed by atoms with Gasteiger partial charge in [0, 0.05) is 12.6 Å². The van der Waals surface area contributed by atoms with E-state index in [1.54, 1.807) is 0 Å². The summed E-state index contributed by atoms with van der Waals surface area (Å²) in [4.78, 5) is 0. The highest BCUT2D eigenvalue weighted by Gasteiger charge is 2.23. The lowest BCUT2D eigenvalue weighted by Crippen LogP contribution is -2.28. The van der Waals surface area contributed by atoms with Crippen LogP contribution in [0.4, 0.5) is 0 Å². The van der Waals surface area contributed by atoms with Crippen molar-refractivity contribution in [3.8, 4) is 5.88 Å². The summed E-state index contributed by atoms with van der Waals surface area (Å²) in [6.45, 7) is 6.21. The van der Waals surface area contributed by atoms with Crippen molar-refractivity contribution in [1.29, 1.82) is 0 Å². The van der Waals surface area contributed by atoms with Crippen LogP contribution in [-0.4, -0.2) is 22.8 Å². The molecule has 0 aliphatic heterocycles. The highest BCUT2D eigenvalue weighted by atomic mass is 16.5. The molecule has 1 heterocycles. The number of rotatable bonds is 6. The Morgan fingerprint density at radius 3 is 2.79 bits per heavy atom. The van der Waals surface area contributed by atoms with Gasteiger partial charge in [0.1, 0.15) is 6.10 Å². The molecule has 4 heteroatoms. The summed E-state index contributed by atoms with van der Waals surface area (Å²) in [5.74, 6) is 1.29. The fraction of sp³-hybridized carbons (Fsp3) is 0.733. The van der Waals surface area contributed by atoms with Gasteiger partial charge in [0.25, 0.3) is 0 Å². The van der Waals surface area contributed by atoms with E-state index in [9.17, 15) is 0 Å². The molecular weight excluding hydrogens is 238 g/mol. The van der Waals surface area contributed by atoms with Crippen molar-refractivity contribution in [3.63, 3.8) is 0 Å². The Bertz CT molecular complexity index is 366. The second kappa shape index (κ2) is 7.43. The third kappa shape index (κ3) is 4.46. The molecule has 0 amide bonds. The molecule has 4 nitrogen and oxygen atoms in total. The Kier molecular flexibility index (Phi) is 5.58. The van der Waals surface area contributed by atoms with Gasteiger partial charge in [0.2, 0.25) is 5.88 Å². The second-order valence-corrected chi connectivity index (χ2v) is 5.46. The SMILES string of the molecule is CCCNCc1ccc(OC2CCCCC2C)nn1. The highest BCUT2D eigenvalue weighted by Crippen LogP contribution is 2.27. The molecule has 1 N–H and O–H groups in total. The number of hydrogen-bond acceptors (Lipinski definition) is 4. The maximum Gasteiger partial charge on any atom is 0.233 e. The van der Waals surface area contributed by atoms with Gasteiger partial charge >= 0.3 is 0 Å². The minimum atomic E-state index is 0.312. The van der Waals surface area contributed by atoms with Crippen LogP contribution in [0.2, 0.25) is 0 Å². The molecule has 0 bridgehead atoms. The number of ether oxygens (including phenoxy) is 1. The maximum atomic E-state index is 5.95. The van der Waals surface area contributed by atoms with Crippen LogP contribution in [-0.2, 0) is 6.54 Å². The van der Waals surface area contributed by atoms with E-state index in [1.165, 1.54) is 19.3 Å². The Labute approximate surface area is 116 Å². The second-order valence-electron chi connectivity index (χ2n) is 5.46. The number of nitrogens with one attached hydrogen (secondary N) is 1. The van der Waals surface area contributed by atoms with Crippen LogP contribution in [0.25, 0.3) is 0 Å². The van der Waals surface area contributed by atoms with Crippen LogP contribution in [0.15, 0.2) is 12.1 Å². The van der Waals surface area contributed by atoms with E-state index in [0.29, 0.717) is 17.9 Å². The van der Waals surface area contributed by atoms with Crippen LogP contribution in [0.1, 0.15) is 51.6 Å². The van der Waals surface area contributed by atoms with E-state index >= 15 is 0 Å². The van der Waals surface area contributed by atoms with Crippen molar-refractivity contribution in [2.24, 2.45) is 5.92 Å². The minimum Gasteiger partial charge on any atom is -0.473 e. The smallest absolute Gasteiger partial charge is 0.233 e. The molecule has 1 aliphatic rings. The lowest BCUT2D eigenvalue weighted by molar-refractivity contribution is 0.0964. The van der Waals surface area contributed by atoms with Gasteiger partial charge in [-0.05, 0) is 44.2 Å². The monoisotopic (exact) mass is 263 g/mol. The van der Waals surface area contributed by atoms with Gasteiger partial charge in [-0.2, -0.15) is 5.10 Å². The molecule has 1 fully saturated rings. The van der Waals surface area contributed by atoms with Gasteiger partial charge in [-0.3, -0.25) is 0 Å². The van der Waals surface area contributed by atoms with Crippen molar-refractivity contribution < 1.29 is 4.74 Å². The van der Waals surface area contributed by atoms with Gasteiger partial charge in [0.15, 0.2) is 0 Å². The van der Waals surface area contributed by atoms with E-state index in [0.717, 1.165) is 31.6 Å². The topological polar surface area (TPSA) is 47.0 Å². The van der Waals surface area contributed by atoms with E-state index < -0.39 is 0 Å². The molecule has 2 atom stereocenters. The number of aromatic nitrogens is 2. The lowest BCUT2D eigenvalue weighted by Gasteiger charge is -2.28. The largest absolute Gasteiger partial charge is 0.473 e. The third-order valence-corrected chi connectivity index (χ3v) is 3.73. The predicted octanol–water partition coefficient (Wildman–Crippen LogP) is 2.93. The molecule has 0 aromatic carbocycles. The average Bonchev–Trinajstić information content (AvgIpc) is 2.44. The summed E-state index contributed by atoms with van der Waals surface area (Å²) < 4.78 is 5.95. The van der Waals surface area contributed by atoms with Gasteiger partial charge in [-0.25, -0.2) is 0 Å². The molecule has 0 spiro atoms. The maximum absolute atomic E-state index is 5.95. The molecule has 1 aromatic rings. The quantitative estimate of drug-likeness (QED) is 0.802. The first kappa shape index (κ1) is 14.3. The van der Waals surface area contributed by atoms with Gasteiger partial charge in [-0.1, -0.05) is 20.3 Å². The molecule has 106 valence electrons. The van der Waals surface area contributed by atoms with Crippen LogP contribution >= 0.6 is 0 Å². The Morgan fingerprint density at radius 1 is 1.26 bits per heavy atom. The summed E-state index contributed by atoms with van der Waals surface area (Å²) in [6.07, 6.45) is 6.44. The highest BCUT2D eigenvalue weighted by molar-refractivity contribution is 5.12. The molecule has 2 rings (SSSR count). The van der Waals surface area contributed by atoms with Crippen LogP contribution in [0, 0.1) is 5.92 Å². The summed E-state index contributed by atoms with van der Waals surface area (Å²) >= 11 is 0. The zero-order chi connectivity index (χ0) is 13.5. The normalized spacial score (nSPS) is 23.3. The Morgan fingerprint density at radius 2 is 2.11 bits per heavy atom. The van der Waals surface area contributed by atoms with Gasteiger partial charge < -0.3 is 10.1 Å². The van der Waals surface area contributed by atoms with Crippen molar-refractivity contribution >= 4 is 0 Å². The standard InChI is InChI=1S/C15H25N3O/c1-3-10-16-11-13-8-9-15(18-17-13)19-14-7-5-4-6-12(14)2/h8-9,12,14,16H,3-7,10-11H2,1-2H3. The van der Waals surface area contributed by atoms with Crippen LogP contribution < -0.4 is 10.1 Å². The summed E-state index contributed by atoms with van der Waals surface area (Å²) in [5, 5.41) is 11.7. The zero-order valence-electron chi connectivity index (χ0n) is 12.1. The van der Waals surface area contributed by atoms with Crippen molar-refractivity contribution in [2.45, 2.75) is 58.6 Å². The first-order valence-corrected chi connectivity index (χ1v) is 7.49. The number of nitrogens with zero attached hydrogens (tertiary/aromatic N) is 2. The van der Waals surface area contributed by atoms with E-state index in [4.69, 9.17) is 4.74 Å². The molecule has 1 saturated carbocycles. The molecule has 1 aromatic heterocycles. The molecule has 19 heavy (non-hydrogen) atoms. The van der Waals surface area contributed by atoms with Crippen molar-refractivity contribution in [1.82, 2.24) is 15.5 Å². The molecule has 2 unspecified atom stereocenters. The average molecular weight is 263 g/mol. The van der Waals surface area contributed by atoms with Crippen molar-refractivity contribution in [3.05, 3.63) is 17.8 Å². The van der Waals surface area contributed by atoms with E-state index in [2.05, 4.69) is 29.4 Å². The number of hydrogen-bond donors (Lipinski definition) is 1. The van der Waals surface area contributed by atoms with Crippen LogP contribution in [0.3, 0.4) is 0 Å². The fourth-order valence-corrected chi connectivity index (χ4v) is 2.51. The van der Waals surface area contributed by atoms with Gasteiger partial charge in [-0.15, -0.1) is 5.10 Å². The zero-order valence-corrected chi connectivity index (χ0v) is 12.1. The Balaban J connectivity index is 1.84.